The predicted octanol–water partition coefficient (Wildman–Crippen LogP) is 3.92. The van der Waals surface area contributed by atoms with Crippen molar-refractivity contribution in [2.24, 2.45) is 5.92 Å². The van der Waals surface area contributed by atoms with Crippen LogP contribution in [0.1, 0.15) is 22.3 Å². The molecule has 0 aliphatic carbocycles. The third-order valence-electron chi connectivity index (χ3n) is 8.03. The number of piperazine rings is 1. The molecule has 2 atom stereocenters. The van der Waals surface area contributed by atoms with E-state index >= 15 is 0 Å². The number of carbonyl (C=O) groups excluding carboxylic acids is 1. The summed E-state index contributed by atoms with van der Waals surface area (Å²) in [7, 11) is 0. The molecule has 0 spiro atoms. The van der Waals surface area contributed by atoms with Crippen LogP contribution in [0.2, 0.25) is 0 Å². The number of nitrogens with zero attached hydrogens (tertiary/aromatic N) is 5. The molecule has 8 nitrogen and oxygen atoms in total. The number of amides is 1. The number of nitro groups is 1. The number of nitriles is 1. The van der Waals surface area contributed by atoms with Crippen molar-refractivity contribution in [2.75, 3.05) is 36.0 Å². The fraction of sp³-hybridized carbons (Fsp3) is 0.310. The van der Waals surface area contributed by atoms with Crippen molar-refractivity contribution >= 4 is 23.0 Å². The Morgan fingerprint density at radius 1 is 0.946 bits per heavy atom. The van der Waals surface area contributed by atoms with Gasteiger partial charge in [-0.1, -0.05) is 36.4 Å². The summed E-state index contributed by atoms with van der Waals surface area (Å²) in [6.45, 7) is 3.23. The Bertz CT molecular complexity index is 1430. The van der Waals surface area contributed by atoms with Gasteiger partial charge in [0.15, 0.2) is 0 Å². The second-order valence-electron chi connectivity index (χ2n) is 9.99. The number of hydrogen-bond acceptors (Lipinski definition) is 6. The fourth-order valence-corrected chi connectivity index (χ4v) is 6.19. The Labute approximate surface area is 215 Å². The molecule has 3 aromatic rings. The smallest absolute Gasteiger partial charge is 0.269 e. The highest BCUT2D eigenvalue weighted by Crippen LogP contribution is 2.40. The number of nitro benzene ring substituents is 1. The minimum atomic E-state index is -0.373. The molecule has 3 aliphatic rings. The van der Waals surface area contributed by atoms with E-state index in [1.165, 1.54) is 11.1 Å². The van der Waals surface area contributed by atoms with E-state index in [2.05, 4.69) is 28.0 Å². The summed E-state index contributed by atoms with van der Waals surface area (Å²) in [6, 6.07) is 23.1. The average molecular weight is 494 g/mol. The lowest BCUT2D eigenvalue weighted by Crippen LogP contribution is -2.61. The Morgan fingerprint density at radius 3 is 2.54 bits per heavy atom. The summed E-state index contributed by atoms with van der Waals surface area (Å²) in [5.41, 5.74) is 5.85. The molecule has 37 heavy (non-hydrogen) atoms. The summed E-state index contributed by atoms with van der Waals surface area (Å²) >= 11 is 0. The van der Waals surface area contributed by atoms with Crippen LogP contribution in [0.3, 0.4) is 0 Å². The van der Waals surface area contributed by atoms with E-state index in [9.17, 15) is 20.2 Å². The highest BCUT2D eigenvalue weighted by atomic mass is 16.6. The van der Waals surface area contributed by atoms with Crippen molar-refractivity contribution < 1.29 is 9.72 Å². The van der Waals surface area contributed by atoms with Crippen LogP contribution in [-0.4, -0.2) is 48.0 Å². The van der Waals surface area contributed by atoms with Crippen molar-refractivity contribution in [3.8, 4) is 6.07 Å². The predicted molar refractivity (Wildman–Crippen MR) is 140 cm³/mol. The van der Waals surface area contributed by atoms with Gasteiger partial charge in [-0.15, -0.1) is 0 Å². The zero-order valence-electron chi connectivity index (χ0n) is 20.4. The van der Waals surface area contributed by atoms with Crippen molar-refractivity contribution in [1.82, 2.24) is 4.90 Å². The van der Waals surface area contributed by atoms with Crippen LogP contribution in [-0.2, 0) is 24.2 Å². The average Bonchev–Trinajstić information content (AvgIpc) is 2.95. The minimum Gasteiger partial charge on any atom is -0.367 e. The van der Waals surface area contributed by atoms with Gasteiger partial charge >= 0.3 is 0 Å². The minimum absolute atomic E-state index is 0.0527. The lowest BCUT2D eigenvalue weighted by molar-refractivity contribution is -0.384. The normalized spacial score (nSPS) is 20.4. The highest BCUT2D eigenvalue weighted by Gasteiger charge is 2.44. The SMILES string of the molecule is N#Cc1ccccc1N1CCN2c3ccc([N+](=O)[O-])cc3C[C@H](C(=O)N3CCc4ccccc4C3)[C@@H]2C1. The quantitative estimate of drug-likeness (QED) is 0.406. The maximum Gasteiger partial charge on any atom is 0.269 e. The van der Waals surface area contributed by atoms with Crippen molar-refractivity contribution in [3.63, 3.8) is 0 Å². The summed E-state index contributed by atoms with van der Waals surface area (Å²) in [5.74, 6) is -0.242. The molecule has 3 aliphatic heterocycles. The zero-order chi connectivity index (χ0) is 25.5. The molecule has 186 valence electrons. The molecule has 0 unspecified atom stereocenters. The molecule has 0 aromatic heterocycles. The summed E-state index contributed by atoms with van der Waals surface area (Å²) in [6.07, 6.45) is 1.29. The maximum atomic E-state index is 14.1. The number of fused-ring (bicyclic) bond motifs is 4. The first-order chi connectivity index (χ1) is 18.0. The largest absolute Gasteiger partial charge is 0.367 e. The van der Waals surface area contributed by atoms with Gasteiger partial charge in [-0.2, -0.15) is 5.26 Å². The van der Waals surface area contributed by atoms with Crippen LogP contribution < -0.4 is 9.80 Å². The Morgan fingerprint density at radius 2 is 1.73 bits per heavy atom. The number of anilines is 2. The first-order valence-electron chi connectivity index (χ1n) is 12.7. The summed E-state index contributed by atoms with van der Waals surface area (Å²) in [5, 5.41) is 21.2. The lowest BCUT2D eigenvalue weighted by Gasteiger charge is -2.50. The first-order valence-corrected chi connectivity index (χ1v) is 12.7. The molecule has 3 aromatic carbocycles. The molecule has 0 N–H and O–H groups in total. The second kappa shape index (κ2) is 9.25. The molecular formula is C29H27N5O3. The van der Waals surface area contributed by atoms with Gasteiger partial charge in [0.05, 0.1) is 28.1 Å². The van der Waals surface area contributed by atoms with Gasteiger partial charge in [-0.25, -0.2) is 0 Å². The van der Waals surface area contributed by atoms with Crippen LogP contribution >= 0.6 is 0 Å². The van der Waals surface area contributed by atoms with E-state index in [0.29, 0.717) is 44.7 Å². The van der Waals surface area contributed by atoms with Gasteiger partial charge in [0.2, 0.25) is 5.91 Å². The Hall–Kier alpha value is -4.38. The van der Waals surface area contributed by atoms with E-state index in [1.54, 1.807) is 12.1 Å². The monoisotopic (exact) mass is 493 g/mol. The summed E-state index contributed by atoms with van der Waals surface area (Å²) in [4.78, 5) is 31.6. The topological polar surface area (TPSA) is 93.7 Å². The third-order valence-corrected chi connectivity index (χ3v) is 8.03. The molecule has 0 saturated carbocycles. The number of rotatable bonds is 3. The number of benzene rings is 3. The first kappa shape index (κ1) is 23.0. The van der Waals surface area contributed by atoms with E-state index in [0.717, 1.165) is 23.4 Å². The van der Waals surface area contributed by atoms with E-state index in [1.807, 2.05) is 47.4 Å². The van der Waals surface area contributed by atoms with Crippen molar-refractivity contribution in [3.05, 3.63) is 99.1 Å². The zero-order valence-corrected chi connectivity index (χ0v) is 20.4. The number of non-ortho nitro benzene ring substituents is 1. The molecule has 1 amide bonds. The van der Waals surface area contributed by atoms with Crippen LogP contribution in [0.15, 0.2) is 66.7 Å². The molecule has 1 fully saturated rings. The Balaban J connectivity index is 1.35. The van der Waals surface area contributed by atoms with Gasteiger partial charge in [-0.3, -0.25) is 14.9 Å². The van der Waals surface area contributed by atoms with Gasteiger partial charge in [0.25, 0.3) is 5.69 Å². The number of carbonyl (C=O) groups is 1. The second-order valence-corrected chi connectivity index (χ2v) is 9.99. The summed E-state index contributed by atoms with van der Waals surface area (Å²) < 4.78 is 0. The molecular weight excluding hydrogens is 466 g/mol. The van der Waals surface area contributed by atoms with Gasteiger partial charge in [0.1, 0.15) is 6.07 Å². The molecule has 3 heterocycles. The van der Waals surface area contributed by atoms with Crippen LogP contribution in [0, 0.1) is 27.4 Å². The van der Waals surface area contributed by atoms with Gasteiger partial charge in [-0.05, 0) is 47.7 Å². The third kappa shape index (κ3) is 4.06. The lowest BCUT2D eigenvalue weighted by atomic mass is 9.82. The van der Waals surface area contributed by atoms with Crippen LogP contribution in [0.4, 0.5) is 17.1 Å². The van der Waals surface area contributed by atoms with Crippen LogP contribution in [0.25, 0.3) is 0 Å². The standard InChI is InChI=1S/C29H27N5O3/c30-17-21-6-3-4-8-26(21)31-13-14-33-27-10-9-24(34(36)37)15-23(27)16-25(28(33)19-31)29(35)32-12-11-20-5-1-2-7-22(20)18-32/h1-10,15,25,28H,11-14,16,18-19H2/t25-,28-/m0/s1. The Kier molecular flexibility index (Phi) is 5.76. The van der Waals surface area contributed by atoms with Crippen molar-refractivity contribution in [2.45, 2.75) is 25.4 Å². The number of hydrogen-bond donors (Lipinski definition) is 0. The van der Waals surface area contributed by atoms with Crippen LogP contribution in [0.5, 0.6) is 0 Å². The fourth-order valence-electron chi connectivity index (χ4n) is 6.19. The molecule has 1 saturated heterocycles. The molecule has 6 rings (SSSR count). The van der Waals surface area contributed by atoms with E-state index in [4.69, 9.17) is 0 Å². The molecule has 8 heteroatoms. The van der Waals surface area contributed by atoms with Gasteiger partial charge in [0, 0.05) is 50.5 Å². The maximum absolute atomic E-state index is 14.1. The molecule has 0 radical (unpaired) electrons. The molecule has 0 bridgehead atoms. The van der Waals surface area contributed by atoms with Gasteiger partial charge < -0.3 is 14.7 Å². The van der Waals surface area contributed by atoms with Crippen molar-refractivity contribution in [1.29, 1.82) is 5.26 Å². The highest BCUT2D eigenvalue weighted by molar-refractivity contribution is 5.83. The number of para-hydroxylation sites is 1. The van der Waals surface area contributed by atoms with E-state index in [-0.39, 0.29) is 28.5 Å². The van der Waals surface area contributed by atoms with E-state index < -0.39 is 0 Å².